The summed E-state index contributed by atoms with van der Waals surface area (Å²) in [5.41, 5.74) is 2.32. The second kappa shape index (κ2) is 12.9. The van der Waals surface area contributed by atoms with Gasteiger partial charge in [0.25, 0.3) is 16.1 Å². The highest BCUT2D eigenvalue weighted by Gasteiger charge is 2.37. The van der Waals surface area contributed by atoms with Crippen molar-refractivity contribution in [3.8, 4) is 11.5 Å². The molecule has 44 heavy (non-hydrogen) atoms. The molecule has 2 aromatic rings. The van der Waals surface area contributed by atoms with Crippen LogP contribution in [0.15, 0.2) is 42.5 Å². The first-order valence-electron chi connectivity index (χ1n) is 15.4. The lowest BCUT2D eigenvalue weighted by Crippen LogP contribution is -2.54. The molecule has 0 unspecified atom stereocenters. The molecule has 0 bridgehead atoms. The Morgan fingerprint density at radius 1 is 0.886 bits per heavy atom. The fourth-order valence-corrected chi connectivity index (χ4v) is 8.12. The Morgan fingerprint density at radius 2 is 1.57 bits per heavy atom. The maximum absolute atomic E-state index is 13.5. The Kier molecular flexibility index (Phi) is 8.99. The summed E-state index contributed by atoms with van der Waals surface area (Å²) in [5, 5.41) is 0. The summed E-state index contributed by atoms with van der Waals surface area (Å²) < 4.78 is 46.6. The molecule has 6 rings (SSSR count). The Bertz CT molecular complexity index is 1460. The number of amides is 2. The number of rotatable bonds is 7. The Labute approximate surface area is 259 Å². The molecule has 13 heteroatoms. The minimum absolute atomic E-state index is 0.0476. The van der Waals surface area contributed by atoms with Gasteiger partial charge in [0.15, 0.2) is 0 Å². The topological polar surface area (TPSA) is 112 Å². The third-order valence-corrected chi connectivity index (χ3v) is 11.2. The van der Waals surface area contributed by atoms with Crippen molar-refractivity contribution in [1.29, 1.82) is 0 Å². The molecule has 0 saturated carbocycles. The Morgan fingerprint density at radius 3 is 2.27 bits per heavy atom. The van der Waals surface area contributed by atoms with Crippen LogP contribution in [0.2, 0.25) is 0 Å². The van der Waals surface area contributed by atoms with Gasteiger partial charge >= 0.3 is 6.09 Å². The summed E-state index contributed by atoms with van der Waals surface area (Å²) in [6, 6.07) is 13.0. The van der Waals surface area contributed by atoms with Gasteiger partial charge in [0.1, 0.15) is 24.2 Å². The number of carbonyl (C=O) groups excluding carboxylic acids is 2. The van der Waals surface area contributed by atoms with Gasteiger partial charge in [0, 0.05) is 70.0 Å². The molecule has 4 heterocycles. The number of ether oxygens (including phenoxy) is 3. The van der Waals surface area contributed by atoms with Crippen molar-refractivity contribution < 1.29 is 32.2 Å². The maximum Gasteiger partial charge on any atom is 0.414 e. The van der Waals surface area contributed by atoms with Gasteiger partial charge in [-0.1, -0.05) is 18.2 Å². The first kappa shape index (κ1) is 30.6. The van der Waals surface area contributed by atoms with E-state index in [4.69, 9.17) is 14.2 Å². The Hall–Kier alpha value is -3.39. The van der Waals surface area contributed by atoms with E-state index in [0.29, 0.717) is 82.0 Å². The molecule has 3 fully saturated rings. The van der Waals surface area contributed by atoms with Crippen LogP contribution in [-0.4, -0.2) is 117 Å². The lowest BCUT2D eigenvalue weighted by atomic mass is 10.00. The van der Waals surface area contributed by atoms with Gasteiger partial charge in [-0.2, -0.15) is 17.0 Å². The first-order valence-corrected chi connectivity index (χ1v) is 16.8. The van der Waals surface area contributed by atoms with Crippen LogP contribution in [0.5, 0.6) is 11.5 Å². The van der Waals surface area contributed by atoms with Crippen LogP contribution in [0.3, 0.4) is 0 Å². The van der Waals surface area contributed by atoms with E-state index < -0.39 is 10.2 Å². The van der Waals surface area contributed by atoms with Crippen molar-refractivity contribution in [3.63, 3.8) is 0 Å². The van der Waals surface area contributed by atoms with Crippen LogP contribution in [0.4, 0.5) is 10.5 Å². The third kappa shape index (κ3) is 6.23. The first-order chi connectivity index (χ1) is 21.2. The van der Waals surface area contributed by atoms with Crippen molar-refractivity contribution in [1.82, 2.24) is 18.4 Å². The number of anilines is 1. The van der Waals surface area contributed by atoms with Crippen LogP contribution >= 0.6 is 0 Å². The number of hydrogen-bond donors (Lipinski definition) is 0. The molecule has 3 saturated heterocycles. The summed E-state index contributed by atoms with van der Waals surface area (Å²) in [6.45, 7) is 4.61. The van der Waals surface area contributed by atoms with Crippen molar-refractivity contribution in [3.05, 3.63) is 53.6 Å². The lowest BCUT2D eigenvalue weighted by molar-refractivity contribution is 0.0705. The number of likely N-dealkylation sites (tertiary alicyclic amines) is 1. The molecule has 0 N–H and O–H groups in total. The van der Waals surface area contributed by atoms with E-state index in [-0.39, 0.29) is 30.8 Å². The zero-order chi connectivity index (χ0) is 30.8. The number of likely N-dealkylation sites (N-methyl/N-ethyl adjacent to an activating group) is 1. The Balaban J connectivity index is 1.04. The van der Waals surface area contributed by atoms with Gasteiger partial charge in [-0.15, -0.1) is 0 Å². The van der Waals surface area contributed by atoms with E-state index in [1.54, 1.807) is 36.6 Å². The molecule has 4 aliphatic rings. The number of benzene rings is 2. The summed E-state index contributed by atoms with van der Waals surface area (Å²) in [6.07, 6.45) is 1.97. The normalized spacial score (nSPS) is 21.5. The predicted octanol–water partition coefficient (Wildman–Crippen LogP) is 2.79. The summed E-state index contributed by atoms with van der Waals surface area (Å²) in [5.74, 6) is 0.883. The van der Waals surface area contributed by atoms with Crippen LogP contribution in [-0.2, 0) is 21.6 Å². The average molecular weight is 628 g/mol. The fraction of sp³-hybridized carbons (Fsp3) is 0.548. The standard InChI is InChI=1S/C31H41N5O7S/c1-32-17-19-35(20-18-32)44(39,40)34-15-11-25(12-16-34)43-26-7-8-27(29(21-26)41-2)30(37)33-13-9-24(10-14-33)36-28-6-4-3-5-23(28)22-42-31(36)38/h3-8,21,24-25H,9-20,22H2,1-2H3. The molecule has 238 valence electrons. The molecule has 2 amide bonds. The molecule has 4 aliphatic heterocycles. The van der Waals surface area contributed by atoms with Crippen LogP contribution in [0.25, 0.3) is 0 Å². The second-order valence-corrected chi connectivity index (χ2v) is 13.8. The summed E-state index contributed by atoms with van der Waals surface area (Å²) in [7, 11) is 0.0633. The highest BCUT2D eigenvalue weighted by molar-refractivity contribution is 7.86. The fourth-order valence-electron chi connectivity index (χ4n) is 6.50. The van der Waals surface area contributed by atoms with Crippen LogP contribution < -0.4 is 14.4 Å². The molecular formula is C31H41N5O7S. The van der Waals surface area contributed by atoms with Gasteiger partial charge in [-0.3, -0.25) is 9.69 Å². The molecule has 0 aromatic heterocycles. The van der Waals surface area contributed by atoms with E-state index in [1.807, 2.05) is 31.3 Å². The number of carbonyl (C=O) groups is 2. The number of methoxy groups -OCH3 is 1. The molecular weight excluding hydrogens is 586 g/mol. The molecule has 2 aromatic carbocycles. The summed E-state index contributed by atoms with van der Waals surface area (Å²) >= 11 is 0. The minimum atomic E-state index is -3.47. The third-order valence-electron chi connectivity index (χ3n) is 9.14. The van der Waals surface area contributed by atoms with Crippen molar-refractivity contribution in [2.75, 3.05) is 71.4 Å². The number of piperazine rings is 1. The van der Waals surface area contributed by atoms with Gasteiger partial charge in [0.2, 0.25) is 0 Å². The zero-order valence-electron chi connectivity index (χ0n) is 25.4. The number of hydrogen-bond acceptors (Lipinski definition) is 8. The average Bonchev–Trinajstić information content (AvgIpc) is 3.05. The van der Waals surface area contributed by atoms with E-state index >= 15 is 0 Å². The van der Waals surface area contributed by atoms with Crippen molar-refractivity contribution in [2.24, 2.45) is 0 Å². The van der Waals surface area contributed by atoms with Gasteiger partial charge in [0.05, 0.1) is 18.4 Å². The van der Waals surface area contributed by atoms with E-state index in [1.165, 1.54) is 7.11 Å². The number of para-hydroxylation sites is 1. The number of fused-ring (bicyclic) bond motifs is 1. The second-order valence-electron chi connectivity index (χ2n) is 11.9. The monoisotopic (exact) mass is 627 g/mol. The minimum Gasteiger partial charge on any atom is -0.496 e. The highest BCUT2D eigenvalue weighted by atomic mass is 32.2. The number of nitrogens with zero attached hydrogens (tertiary/aromatic N) is 5. The van der Waals surface area contributed by atoms with E-state index in [0.717, 1.165) is 24.3 Å². The SMILES string of the molecule is COc1cc(OC2CCN(S(=O)(=O)N3CCN(C)CC3)CC2)ccc1C(=O)N1CCC(N2C(=O)OCc3ccccc32)CC1. The van der Waals surface area contributed by atoms with Gasteiger partial charge < -0.3 is 24.0 Å². The molecule has 0 radical (unpaired) electrons. The van der Waals surface area contributed by atoms with Crippen molar-refractivity contribution in [2.45, 2.75) is 44.4 Å². The molecule has 0 atom stereocenters. The largest absolute Gasteiger partial charge is 0.496 e. The van der Waals surface area contributed by atoms with Crippen molar-refractivity contribution >= 4 is 27.9 Å². The molecule has 12 nitrogen and oxygen atoms in total. The highest BCUT2D eigenvalue weighted by Crippen LogP contribution is 2.33. The predicted molar refractivity (Wildman–Crippen MR) is 164 cm³/mol. The van der Waals surface area contributed by atoms with Crippen LogP contribution in [0.1, 0.15) is 41.6 Å². The number of piperidine rings is 2. The van der Waals surface area contributed by atoms with Gasteiger partial charge in [-0.25, -0.2) is 4.79 Å². The summed E-state index contributed by atoms with van der Waals surface area (Å²) in [4.78, 5) is 31.9. The number of cyclic esters (lactones) is 1. The maximum atomic E-state index is 13.5. The van der Waals surface area contributed by atoms with Gasteiger partial charge in [-0.05, 0) is 50.9 Å². The molecule has 0 spiro atoms. The van der Waals surface area contributed by atoms with E-state index in [9.17, 15) is 18.0 Å². The molecule has 0 aliphatic carbocycles. The van der Waals surface area contributed by atoms with Crippen LogP contribution in [0, 0.1) is 0 Å². The lowest BCUT2D eigenvalue weighted by Gasteiger charge is -2.40. The van der Waals surface area contributed by atoms with E-state index in [2.05, 4.69) is 4.90 Å². The smallest absolute Gasteiger partial charge is 0.414 e. The zero-order valence-corrected chi connectivity index (χ0v) is 26.2. The quantitative estimate of drug-likeness (QED) is 0.461.